The van der Waals surface area contributed by atoms with Crippen molar-refractivity contribution in [2.75, 3.05) is 0 Å². The zero-order chi connectivity index (χ0) is 19.6. The monoisotopic (exact) mass is 346 g/mol. The van der Waals surface area contributed by atoms with Crippen LogP contribution >= 0.6 is 0 Å². The number of rotatable bonds is 4. The summed E-state index contributed by atoms with van der Waals surface area (Å²) in [7, 11) is 0. The average molecular weight is 347 g/mol. The van der Waals surface area contributed by atoms with Gasteiger partial charge in [0.15, 0.2) is 0 Å². The van der Waals surface area contributed by atoms with Crippen LogP contribution in [0.4, 0.5) is 0 Å². The molecule has 1 unspecified atom stereocenters. The lowest BCUT2D eigenvalue weighted by molar-refractivity contribution is 0.377. The zero-order valence-electron chi connectivity index (χ0n) is 17.5. The average Bonchev–Trinajstić information content (AvgIpc) is 2.57. The van der Waals surface area contributed by atoms with E-state index in [9.17, 15) is 0 Å². The third-order valence-corrected chi connectivity index (χ3v) is 4.82. The molecule has 0 nitrogen and oxygen atoms in total. The summed E-state index contributed by atoms with van der Waals surface area (Å²) in [6, 6.07) is 0. The minimum atomic E-state index is 0.250. The highest BCUT2D eigenvalue weighted by molar-refractivity contribution is 5.39. The van der Waals surface area contributed by atoms with Crippen molar-refractivity contribution in [3.63, 3.8) is 0 Å². The molecule has 0 saturated carbocycles. The maximum atomic E-state index is 3.73. The predicted molar refractivity (Wildman–Crippen MR) is 117 cm³/mol. The van der Waals surface area contributed by atoms with E-state index >= 15 is 0 Å². The fourth-order valence-electron chi connectivity index (χ4n) is 3.07. The molecule has 1 aliphatic carbocycles. The van der Waals surface area contributed by atoms with Gasteiger partial charge in [0.2, 0.25) is 0 Å². The molecule has 1 rings (SSSR count). The van der Waals surface area contributed by atoms with Gasteiger partial charge >= 0.3 is 0 Å². The summed E-state index contributed by atoms with van der Waals surface area (Å²) >= 11 is 0. The topological polar surface area (TPSA) is 0 Å². The first-order valence-corrected chi connectivity index (χ1v) is 9.60. The summed E-state index contributed by atoms with van der Waals surface area (Å²) in [5.74, 6) is 12.9. The van der Waals surface area contributed by atoms with Crippen LogP contribution in [0, 0.1) is 35.0 Å². The number of hydrogen-bond donors (Lipinski definition) is 0. The van der Waals surface area contributed by atoms with Gasteiger partial charge in [-0.15, -0.1) is 6.58 Å². The van der Waals surface area contributed by atoms with E-state index < -0.39 is 0 Å². The highest BCUT2D eigenvalue weighted by Crippen LogP contribution is 2.40. The molecule has 0 saturated heterocycles. The van der Waals surface area contributed by atoms with Gasteiger partial charge in [-0.1, -0.05) is 67.4 Å². The quantitative estimate of drug-likeness (QED) is 0.287. The summed E-state index contributed by atoms with van der Waals surface area (Å²) < 4.78 is 0. The molecule has 0 bridgehead atoms. The molecule has 0 aromatic heterocycles. The van der Waals surface area contributed by atoms with Crippen LogP contribution in [0.2, 0.25) is 0 Å². The number of hydrogen-bond acceptors (Lipinski definition) is 0. The SMILES string of the molecule is C=CC(C)C#CC/C=C(\C)C#C/C=C(C)/C=C/C1=C(C)CCCC1(C)C. The van der Waals surface area contributed by atoms with Crippen LogP contribution in [0.15, 0.2) is 59.3 Å². The fourth-order valence-corrected chi connectivity index (χ4v) is 3.07. The van der Waals surface area contributed by atoms with E-state index in [2.05, 4.69) is 76.2 Å². The van der Waals surface area contributed by atoms with Gasteiger partial charge in [-0.3, -0.25) is 0 Å². The summed E-state index contributed by atoms with van der Waals surface area (Å²) in [4.78, 5) is 0. The van der Waals surface area contributed by atoms with E-state index in [1.807, 2.05) is 26.0 Å². The maximum absolute atomic E-state index is 3.73. The molecule has 0 aromatic rings. The molecule has 0 aromatic carbocycles. The van der Waals surface area contributed by atoms with Gasteiger partial charge in [0.25, 0.3) is 0 Å². The second-order valence-electron chi connectivity index (χ2n) is 7.86. The Kier molecular flexibility index (Phi) is 9.02. The van der Waals surface area contributed by atoms with Crippen LogP contribution in [0.5, 0.6) is 0 Å². The van der Waals surface area contributed by atoms with E-state index in [-0.39, 0.29) is 11.3 Å². The second-order valence-corrected chi connectivity index (χ2v) is 7.86. The van der Waals surface area contributed by atoms with E-state index in [0.717, 1.165) is 12.0 Å². The Bertz CT molecular complexity index is 739. The van der Waals surface area contributed by atoms with E-state index in [1.54, 1.807) is 0 Å². The van der Waals surface area contributed by atoms with Gasteiger partial charge in [-0.25, -0.2) is 0 Å². The van der Waals surface area contributed by atoms with Crippen molar-refractivity contribution in [3.8, 4) is 23.7 Å². The lowest BCUT2D eigenvalue weighted by atomic mass is 9.72. The van der Waals surface area contributed by atoms with Crippen LogP contribution in [-0.4, -0.2) is 0 Å². The van der Waals surface area contributed by atoms with Crippen molar-refractivity contribution >= 4 is 0 Å². The largest absolute Gasteiger partial charge is 0.102 e. The molecule has 0 fully saturated rings. The first-order chi connectivity index (χ1) is 12.3. The zero-order valence-corrected chi connectivity index (χ0v) is 17.5. The van der Waals surface area contributed by atoms with Gasteiger partial charge in [0.1, 0.15) is 0 Å². The Morgan fingerprint density at radius 2 is 2.04 bits per heavy atom. The molecule has 26 heavy (non-hydrogen) atoms. The molecular formula is C26H34. The van der Waals surface area contributed by atoms with E-state index in [0.29, 0.717) is 0 Å². The molecule has 0 N–H and O–H groups in total. The highest BCUT2D eigenvalue weighted by Gasteiger charge is 2.26. The molecule has 138 valence electrons. The van der Waals surface area contributed by atoms with Crippen molar-refractivity contribution in [1.29, 1.82) is 0 Å². The summed E-state index contributed by atoms with van der Waals surface area (Å²) in [5.41, 5.74) is 5.56. The van der Waals surface area contributed by atoms with Crippen molar-refractivity contribution in [1.82, 2.24) is 0 Å². The standard InChI is InChI=1S/C26H34/c1-8-21(2)13-9-10-14-22(3)15-11-16-23(4)18-19-25-24(5)17-12-20-26(25,6)7/h8,14,16,18-19,21H,1,10,12,17,20H2,2-7H3/b19-18+,22-14+,23-16+. The van der Waals surface area contributed by atoms with Crippen molar-refractivity contribution in [3.05, 3.63) is 59.3 Å². The third kappa shape index (κ3) is 7.80. The van der Waals surface area contributed by atoms with Gasteiger partial charge in [-0.2, -0.15) is 0 Å². The van der Waals surface area contributed by atoms with Crippen LogP contribution in [0.25, 0.3) is 0 Å². The fraction of sp³-hybridized carbons (Fsp3) is 0.462. The predicted octanol–water partition coefficient (Wildman–Crippen LogP) is 7.18. The lowest BCUT2D eigenvalue weighted by Crippen LogP contribution is -2.19. The Morgan fingerprint density at radius 3 is 2.69 bits per heavy atom. The molecule has 0 heterocycles. The van der Waals surface area contributed by atoms with Crippen LogP contribution < -0.4 is 0 Å². The molecule has 1 aliphatic rings. The molecule has 0 radical (unpaired) electrons. The van der Waals surface area contributed by atoms with Crippen molar-refractivity contribution < 1.29 is 0 Å². The molecule has 0 spiro atoms. The highest BCUT2D eigenvalue weighted by atomic mass is 14.3. The molecular weight excluding hydrogens is 312 g/mol. The van der Waals surface area contributed by atoms with Crippen LogP contribution in [0.3, 0.4) is 0 Å². The number of allylic oxidation sites excluding steroid dienone is 9. The second kappa shape index (κ2) is 10.7. The summed E-state index contributed by atoms with van der Waals surface area (Å²) in [6.07, 6.45) is 15.0. The molecule has 0 aliphatic heterocycles. The minimum absolute atomic E-state index is 0.250. The van der Waals surface area contributed by atoms with Crippen molar-refractivity contribution in [2.24, 2.45) is 11.3 Å². The first kappa shape index (κ1) is 21.9. The Balaban J connectivity index is 2.70. The normalized spacial score (nSPS) is 18.7. The van der Waals surface area contributed by atoms with Crippen molar-refractivity contribution in [2.45, 2.75) is 67.2 Å². The Labute approximate surface area is 161 Å². The van der Waals surface area contributed by atoms with Gasteiger partial charge in [0, 0.05) is 12.3 Å². The van der Waals surface area contributed by atoms with Crippen LogP contribution in [-0.2, 0) is 0 Å². The summed E-state index contributed by atoms with van der Waals surface area (Å²) in [6.45, 7) is 16.9. The van der Waals surface area contributed by atoms with Crippen LogP contribution in [0.1, 0.15) is 67.2 Å². The summed E-state index contributed by atoms with van der Waals surface area (Å²) in [5, 5.41) is 0. The first-order valence-electron chi connectivity index (χ1n) is 9.60. The van der Waals surface area contributed by atoms with Gasteiger partial charge in [0.05, 0.1) is 0 Å². The molecule has 1 atom stereocenters. The molecule has 0 amide bonds. The minimum Gasteiger partial charge on any atom is -0.102 e. The maximum Gasteiger partial charge on any atom is 0.0351 e. The third-order valence-electron chi connectivity index (χ3n) is 4.82. The van der Waals surface area contributed by atoms with E-state index in [1.165, 1.54) is 36.0 Å². The smallest absolute Gasteiger partial charge is 0.0351 e. The van der Waals surface area contributed by atoms with Gasteiger partial charge in [-0.05, 0) is 75.2 Å². The Morgan fingerprint density at radius 1 is 1.31 bits per heavy atom. The van der Waals surface area contributed by atoms with E-state index in [4.69, 9.17) is 0 Å². The van der Waals surface area contributed by atoms with Gasteiger partial charge < -0.3 is 0 Å². The Hall–Kier alpha value is -2.18. The lowest BCUT2D eigenvalue weighted by Gasteiger charge is -2.32. The molecule has 0 heteroatoms.